The van der Waals surface area contributed by atoms with E-state index < -0.39 is 0 Å². The summed E-state index contributed by atoms with van der Waals surface area (Å²) in [6, 6.07) is 15.7. The number of para-hydroxylation sites is 1. The van der Waals surface area contributed by atoms with E-state index in [-0.39, 0.29) is 0 Å². The molecule has 0 N–H and O–H groups in total. The van der Waals surface area contributed by atoms with Gasteiger partial charge in [-0.05, 0) is 35.9 Å². The first-order valence-electron chi connectivity index (χ1n) is 6.08. The first-order valence-corrected chi connectivity index (χ1v) is 7.25. The Morgan fingerprint density at radius 3 is 2.45 bits per heavy atom. The van der Waals surface area contributed by atoms with Gasteiger partial charge in [0, 0.05) is 9.86 Å². The Morgan fingerprint density at radius 1 is 0.900 bits per heavy atom. The average molecular weight is 346 g/mol. The van der Waals surface area contributed by atoms with Gasteiger partial charge in [0.1, 0.15) is 5.15 Å². The average Bonchev–Trinajstić information content (AvgIpc) is 2.47. The molecule has 0 spiro atoms. The molecule has 98 valence electrons. The maximum atomic E-state index is 6.17. The van der Waals surface area contributed by atoms with Gasteiger partial charge >= 0.3 is 0 Å². The summed E-state index contributed by atoms with van der Waals surface area (Å²) >= 11 is 9.59. The van der Waals surface area contributed by atoms with Crippen LogP contribution in [0.5, 0.6) is 0 Å². The van der Waals surface area contributed by atoms with Crippen molar-refractivity contribution >= 4 is 50.6 Å². The monoisotopic (exact) mass is 344 g/mol. The predicted octanol–water partition coefficient (Wildman–Crippen LogP) is 5.22. The molecule has 0 saturated carbocycles. The number of fused-ring (bicyclic) bond motifs is 1. The molecule has 1 heterocycles. The summed E-state index contributed by atoms with van der Waals surface area (Å²) in [6.07, 6.45) is 3.83. The Kier molecular flexibility index (Phi) is 3.81. The molecule has 1 aromatic heterocycles. The van der Waals surface area contributed by atoms with E-state index in [0.717, 1.165) is 20.9 Å². The Morgan fingerprint density at radius 2 is 1.65 bits per heavy atom. The van der Waals surface area contributed by atoms with Crippen molar-refractivity contribution in [1.82, 2.24) is 9.97 Å². The molecule has 0 aliphatic heterocycles. The molecule has 0 aliphatic rings. The fourth-order valence-electron chi connectivity index (χ4n) is 1.87. The van der Waals surface area contributed by atoms with Gasteiger partial charge in [-0.15, -0.1) is 0 Å². The van der Waals surface area contributed by atoms with Crippen molar-refractivity contribution in [3.05, 3.63) is 69.5 Å². The highest BCUT2D eigenvalue weighted by Gasteiger charge is 2.02. The Hall–Kier alpha value is -1.71. The molecular formula is C16H10BrClN2. The van der Waals surface area contributed by atoms with Crippen molar-refractivity contribution in [1.29, 1.82) is 0 Å². The standard InChI is InChI=1S/C16H10BrClN2/c17-12-8-5-11(6-9-12)7-10-15-19-14-4-2-1-3-13(14)16(18)20-15/h1-10H. The van der Waals surface area contributed by atoms with E-state index in [4.69, 9.17) is 11.6 Å². The van der Waals surface area contributed by atoms with Crippen molar-refractivity contribution in [2.45, 2.75) is 0 Å². The van der Waals surface area contributed by atoms with E-state index in [1.54, 1.807) is 0 Å². The molecule has 0 amide bonds. The lowest BCUT2D eigenvalue weighted by molar-refractivity contribution is 1.19. The third-order valence-electron chi connectivity index (χ3n) is 2.87. The summed E-state index contributed by atoms with van der Waals surface area (Å²) in [6.45, 7) is 0. The summed E-state index contributed by atoms with van der Waals surface area (Å²) in [5, 5.41) is 1.35. The summed E-state index contributed by atoms with van der Waals surface area (Å²) in [5.41, 5.74) is 1.93. The van der Waals surface area contributed by atoms with Crippen molar-refractivity contribution in [3.8, 4) is 0 Å². The molecule has 2 aromatic carbocycles. The van der Waals surface area contributed by atoms with Crippen LogP contribution >= 0.6 is 27.5 Å². The maximum absolute atomic E-state index is 6.17. The van der Waals surface area contributed by atoms with Gasteiger partial charge in [-0.3, -0.25) is 0 Å². The molecule has 3 aromatic rings. The van der Waals surface area contributed by atoms with Gasteiger partial charge < -0.3 is 0 Å². The van der Waals surface area contributed by atoms with Gasteiger partial charge in [0.25, 0.3) is 0 Å². The Labute approximate surface area is 130 Å². The number of rotatable bonds is 2. The van der Waals surface area contributed by atoms with Crippen LogP contribution < -0.4 is 0 Å². The minimum Gasteiger partial charge on any atom is -0.229 e. The molecule has 4 heteroatoms. The van der Waals surface area contributed by atoms with Gasteiger partial charge in [-0.1, -0.05) is 57.9 Å². The van der Waals surface area contributed by atoms with Crippen molar-refractivity contribution in [2.24, 2.45) is 0 Å². The van der Waals surface area contributed by atoms with Crippen LogP contribution in [0.4, 0.5) is 0 Å². The molecule has 3 rings (SSSR count). The molecule has 0 unspecified atom stereocenters. The highest BCUT2D eigenvalue weighted by Crippen LogP contribution is 2.20. The Balaban J connectivity index is 1.96. The van der Waals surface area contributed by atoms with Gasteiger partial charge in [-0.2, -0.15) is 0 Å². The quantitative estimate of drug-likeness (QED) is 0.595. The first kappa shape index (κ1) is 13.3. The molecule has 0 atom stereocenters. The van der Waals surface area contributed by atoms with Crippen molar-refractivity contribution in [3.63, 3.8) is 0 Å². The molecular weight excluding hydrogens is 336 g/mol. The van der Waals surface area contributed by atoms with Crippen molar-refractivity contribution < 1.29 is 0 Å². The lowest BCUT2D eigenvalue weighted by Crippen LogP contribution is -1.90. The van der Waals surface area contributed by atoms with Crippen LogP contribution in [0, 0.1) is 0 Å². The van der Waals surface area contributed by atoms with Crippen LogP contribution in [0.3, 0.4) is 0 Å². The third kappa shape index (κ3) is 2.89. The SMILES string of the molecule is Clc1nc(C=Cc2ccc(Br)cc2)nc2ccccc12. The first-order chi connectivity index (χ1) is 9.72. The maximum Gasteiger partial charge on any atom is 0.154 e. The minimum absolute atomic E-state index is 0.478. The topological polar surface area (TPSA) is 25.8 Å². The summed E-state index contributed by atoms with van der Waals surface area (Å²) in [5.74, 6) is 0.608. The second kappa shape index (κ2) is 5.73. The van der Waals surface area contributed by atoms with E-state index in [9.17, 15) is 0 Å². The Bertz CT molecular complexity index is 782. The lowest BCUT2D eigenvalue weighted by Gasteiger charge is -2.00. The third-order valence-corrected chi connectivity index (χ3v) is 3.69. The smallest absolute Gasteiger partial charge is 0.154 e. The van der Waals surface area contributed by atoms with Crippen molar-refractivity contribution in [2.75, 3.05) is 0 Å². The van der Waals surface area contributed by atoms with Crippen LogP contribution in [0.1, 0.15) is 11.4 Å². The second-order valence-corrected chi connectivity index (χ2v) is 5.55. The highest BCUT2D eigenvalue weighted by atomic mass is 79.9. The zero-order valence-corrected chi connectivity index (χ0v) is 12.8. The largest absolute Gasteiger partial charge is 0.229 e. The van der Waals surface area contributed by atoms with Crippen LogP contribution in [-0.2, 0) is 0 Å². The predicted molar refractivity (Wildman–Crippen MR) is 87.6 cm³/mol. The zero-order valence-electron chi connectivity index (χ0n) is 10.4. The van der Waals surface area contributed by atoms with E-state index in [2.05, 4.69) is 25.9 Å². The molecule has 0 radical (unpaired) electrons. The molecule has 2 nitrogen and oxygen atoms in total. The summed E-state index contributed by atoms with van der Waals surface area (Å²) in [7, 11) is 0. The number of hydrogen-bond acceptors (Lipinski definition) is 2. The summed E-state index contributed by atoms with van der Waals surface area (Å²) in [4.78, 5) is 8.77. The van der Waals surface area contributed by atoms with E-state index in [0.29, 0.717) is 11.0 Å². The zero-order chi connectivity index (χ0) is 13.9. The molecule has 0 fully saturated rings. The molecule has 0 aliphatic carbocycles. The van der Waals surface area contributed by atoms with Gasteiger partial charge in [0.05, 0.1) is 5.52 Å². The molecule has 0 bridgehead atoms. The van der Waals surface area contributed by atoms with Crippen LogP contribution in [-0.4, -0.2) is 9.97 Å². The van der Waals surface area contributed by atoms with Crippen LogP contribution in [0.2, 0.25) is 5.15 Å². The van der Waals surface area contributed by atoms with Crippen LogP contribution in [0.25, 0.3) is 23.1 Å². The van der Waals surface area contributed by atoms with E-state index >= 15 is 0 Å². The van der Waals surface area contributed by atoms with Gasteiger partial charge in [-0.25, -0.2) is 9.97 Å². The number of benzene rings is 2. The number of aromatic nitrogens is 2. The normalized spacial score (nSPS) is 11.3. The fraction of sp³-hybridized carbons (Fsp3) is 0. The lowest BCUT2D eigenvalue weighted by atomic mass is 10.2. The molecule has 0 saturated heterocycles. The van der Waals surface area contributed by atoms with Crippen LogP contribution in [0.15, 0.2) is 53.0 Å². The number of halogens is 2. The molecule has 20 heavy (non-hydrogen) atoms. The number of nitrogens with zero attached hydrogens (tertiary/aromatic N) is 2. The fourth-order valence-corrected chi connectivity index (χ4v) is 2.38. The van der Waals surface area contributed by atoms with Gasteiger partial charge in [0.15, 0.2) is 5.82 Å². The van der Waals surface area contributed by atoms with Gasteiger partial charge in [0.2, 0.25) is 0 Å². The van der Waals surface area contributed by atoms with E-state index in [1.807, 2.05) is 60.7 Å². The highest BCUT2D eigenvalue weighted by molar-refractivity contribution is 9.10. The second-order valence-electron chi connectivity index (χ2n) is 4.27. The summed E-state index contributed by atoms with van der Waals surface area (Å²) < 4.78 is 1.06. The number of hydrogen-bond donors (Lipinski definition) is 0. The van der Waals surface area contributed by atoms with E-state index in [1.165, 1.54) is 0 Å². The minimum atomic E-state index is 0.478.